The van der Waals surface area contributed by atoms with Crippen LogP contribution in [0.25, 0.3) is 11.0 Å². The maximum absolute atomic E-state index is 5.91. The molecule has 0 bridgehead atoms. The summed E-state index contributed by atoms with van der Waals surface area (Å²) in [5.41, 5.74) is 8.39. The highest BCUT2D eigenvalue weighted by atomic mass is 79.9. The summed E-state index contributed by atoms with van der Waals surface area (Å²) in [7, 11) is 1.96. The highest BCUT2D eigenvalue weighted by Gasteiger charge is 2.10. The summed E-state index contributed by atoms with van der Waals surface area (Å²) in [4.78, 5) is 4.32. The van der Waals surface area contributed by atoms with Crippen molar-refractivity contribution in [3.8, 4) is 11.5 Å². The van der Waals surface area contributed by atoms with Gasteiger partial charge >= 0.3 is 0 Å². The number of aromatic nitrogens is 2. The Morgan fingerprint density at radius 3 is 2.55 bits per heavy atom. The van der Waals surface area contributed by atoms with Crippen LogP contribution in [-0.2, 0) is 7.05 Å². The fourth-order valence-electron chi connectivity index (χ4n) is 1.97. The molecule has 102 valence electrons. The van der Waals surface area contributed by atoms with Crippen LogP contribution in [0.15, 0.2) is 45.6 Å². The van der Waals surface area contributed by atoms with Crippen molar-refractivity contribution < 1.29 is 4.74 Å². The van der Waals surface area contributed by atoms with Crippen LogP contribution in [-0.4, -0.2) is 9.55 Å². The first kappa shape index (κ1) is 13.5. The number of halogens is 2. The molecule has 0 fully saturated rings. The van der Waals surface area contributed by atoms with Crippen molar-refractivity contribution in [2.24, 2.45) is 7.05 Å². The van der Waals surface area contributed by atoms with Crippen molar-refractivity contribution in [3.63, 3.8) is 0 Å². The van der Waals surface area contributed by atoms with E-state index in [1.165, 1.54) is 0 Å². The van der Waals surface area contributed by atoms with Gasteiger partial charge in [0.2, 0.25) is 0 Å². The molecule has 0 amide bonds. The molecule has 1 heterocycles. The van der Waals surface area contributed by atoms with Gasteiger partial charge in [-0.05, 0) is 56.1 Å². The number of hydrogen-bond acceptors (Lipinski definition) is 3. The van der Waals surface area contributed by atoms with Gasteiger partial charge in [-0.2, -0.15) is 0 Å². The number of nitrogen functional groups attached to an aromatic ring is 1. The number of fused-ring (bicyclic) bond motifs is 1. The molecule has 0 saturated carbocycles. The third kappa shape index (κ3) is 2.41. The maximum atomic E-state index is 5.91. The fraction of sp³-hybridized carbons (Fsp3) is 0.0714. The zero-order valence-corrected chi connectivity index (χ0v) is 13.8. The summed E-state index contributed by atoms with van der Waals surface area (Å²) in [6, 6.07) is 9.42. The predicted octanol–water partition coefficient (Wildman–Crippen LogP) is 4.47. The lowest BCUT2D eigenvalue weighted by atomic mass is 10.3. The van der Waals surface area contributed by atoms with Crippen LogP contribution in [0.3, 0.4) is 0 Å². The Kier molecular flexibility index (Phi) is 3.43. The molecule has 20 heavy (non-hydrogen) atoms. The molecule has 0 aliphatic heterocycles. The summed E-state index contributed by atoms with van der Waals surface area (Å²) in [6.45, 7) is 0. The maximum Gasteiger partial charge on any atom is 0.155 e. The van der Waals surface area contributed by atoms with Crippen molar-refractivity contribution in [1.82, 2.24) is 9.55 Å². The number of nitrogens with two attached hydrogens (primary N) is 1. The van der Waals surface area contributed by atoms with Crippen LogP contribution in [0.5, 0.6) is 11.5 Å². The fourth-order valence-corrected chi connectivity index (χ4v) is 3.36. The van der Waals surface area contributed by atoms with E-state index in [0.717, 1.165) is 25.7 Å². The molecule has 0 atom stereocenters. The van der Waals surface area contributed by atoms with Gasteiger partial charge in [-0.15, -0.1) is 0 Å². The van der Waals surface area contributed by atoms with E-state index < -0.39 is 0 Å². The van der Waals surface area contributed by atoms with Crippen molar-refractivity contribution >= 4 is 48.6 Å². The SMILES string of the molecule is Cn1cnc2cc(Oc3c(Br)cc(N)cc3Br)ccc21. The molecule has 4 nitrogen and oxygen atoms in total. The average Bonchev–Trinajstić information content (AvgIpc) is 2.75. The molecule has 0 radical (unpaired) electrons. The number of ether oxygens (including phenoxy) is 1. The van der Waals surface area contributed by atoms with Crippen LogP contribution in [0, 0.1) is 0 Å². The lowest BCUT2D eigenvalue weighted by Gasteiger charge is -2.10. The van der Waals surface area contributed by atoms with Crippen molar-refractivity contribution in [1.29, 1.82) is 0 Å². The van der Waals surface area contributed by atoms with E-state index in [2.05, 4.69) is 36.8 Å². The third-order valence-electron chi connectivity index (χ3n) is 2.94. The zero-order valence-electron chi connectivity index (χ0n) is 10.6. The van der Waals surface area contributed by atoms with Crippen LogP contribution >= 0.6 is 31.9 Å². The number of benzene rings is 2. The molecule has 2 aromatic carbocycles. The monoisotopic (exact) mass is 395 g/mol. The largest absolute Gasteiger partial charge is 0.455 e. The number of rotatable bonds is 2. The highest BCUT2D eigenvalue weighted by Crippen LogP contribution is 2.38. The topological polar surface area (TPSA) is 53.1 Å². The van der Waals surface area contributed by atoms with Gasteiger partial charge in [-0.3, -0.25) is 0 Å². The molecule has 0 spiro atoms. The van der Waals surface area contributed by atoms with Crippen molar-refractivity contribution in [3.05, 3.63) is 45.6 Å². The number of hydrogen-bond donors (Lipinski definition) is 1. The molecule has 3 rings (SSSR count). The first-order chi connectivity index (χ1) is 9.54. The summed E-state index contributed by atoms with van der Waals surface area (Å²) in [6.07, 6.45) is 1.78. The van der Waals surface area contributed by atoms with Crippen LogP contribution in [0.4, 0.5) is 5.69 Å². The van der Waals surface area contributed by atoms with Gasteiger partial charge in [-0.1, -0.05) is 0 Å². The third-order valence-corrected chi connectivity index (χ3v) is 4.12. The Balaban J connectivity index is 2.01. The standard InChI is InChI=1S/C14H11Br2N3O/c1-19-7-18-12-6-9(2-3-13(12)19)20-14-10(15)4-8(17)5-11(14)16/h2-7H,17H2,1H3. The Hall–Kier alpha value is -1.53. The first-order valence-electron chi connectivity index (χ1n) is 5.88. The Labute approximate surface area is 132 Å². The summed E-state index contributed by atoms with van der Waals surface area (Å²) >= 11 is 6.91. The second-order valence-electron chi connectivity index (χ2n) is 4.42. The molecule has 0 aliphatic rings. The van der Waals surface area contributed by atoms with Gasteiger partial charge < -0.3 is 15.0 Å². The second-order valence-corrected chi connectivity index (χ2v) is 6.13. The normalized spacial score (nSPS) is 10.9. The van der Waals surface area contributed by atoms with Crippen LogP contribution in [0.2, 0.25) is 0 Å². The van der Waals surface area contributed by atoms with Crippen molar-refractivity contribution in [2.45, 2.75) is 0 Å². The van der Waals surface area contributed by atoms with Crippen LogP contribution < -0.4 is 10.5 Å². The van der Waals surface area contributed by atoms with E-state index in [1.807, 2.05) is 29.8 Å². The first-order valence-corrected chi connectivity index (χ1v) is 7.46. The van der Waals surface area contributed by atoms with Gasteiger partial charge in [0.05, 0.1) is 26.3 Å². The average molecular weight is 397 g/mol. The second kappa shape index (κ2) is 5.10. The van der Waals surface area contributed by atoms with E-state index >= 15 is 0 Å². The van der Waals surface area contributed by atoms with Gasteiger partial charge in [0.15, 0.2) is 5.75 Å². The number of imidazole rings is 1. The molecule has 6 heteroatoms. The summed E-state index contributed by atoms with van der Waals surface area (Å²) in [5, 5.41) is 0. The number of anilines is 1. The smallest absolute Gasteiger partial charge is 0.155 e. The Morgan fingerprint density at radius 2 is 1.85 bits per heavy atom. The minimum Gasteiger partial charge on any atom is -0.455 e. The molecular weight excluding hydrogens is 386 g/mol. The van der Waals surface area contributed by atoms with E-state index in [0.29, 0.717) is 11.4 Å². The Bertz CT molecular complexity index is 775. The molecule has 1 aromatic heterocycles. The van der Waals surface area contributed by atoms with E-state index in [1.54, 1.807) is 18.5 Å². The zero-order chi connectivity index (χ0) is 14.3. The van der Waals surface area contributed by atoms with Gasteiger partial charge in [0, 0.05) is 18.8 Å². The molecule has 0 unspecified atom stereocenters. The number of nitrogens with zero attached hydrogens (tertiary/aromatic N) is 2. The molecule has 2 N–H and O–H groups in total. The Morgan fingerprint density at radius 1 is 1.15 bits per heavy atom. The quantitative estimate of drug-likeness (QED) is 0.650. The summed E-state index contributed by atoms with van der Waals surface area (Å²) < 4.78 is 9.47. The predicted molar refractivity (Wildman–Crippen MR) is 87.0 cm³/mol. The van der Waals surface area contributed by atoms with Crippen molar-refractivity contribution in [2.75, 3.05) is 5.73 Å². The highest BCUT2D eigenvalue weighted by molar-refractivity contribution is 9.11. The lowest BCUT2D eigenvalue weighted by Crippen LogP contribution is -1.91. The van der Waals surface area contributed by atoms with Gasteiger partial charge in [0.25, 0.3) is 0 Å². The minimum absolute atomic E-state index is 0.663. The molecule has 0 saturated heterocycles. The summed E-state index contributed by atoms with van der Waals surface area (Å²) in [5.74, 6) is 1.41. The lowest BCUT2D eigenvalue weighted by molar-refractivity contribution is 0.477. The van der Waals surface area contributed by atoms with E-state index in [-0.39, 0.29) is 0 Å². The van der Waals surface area contributed by atoms with Gasteiger partial charge in [-0.25, -0.2) is 4.98 Å². The minimum atomic E-state index is 0.663. The molecule has 0 aliphatic carbocycles. The van der Waals surface area contributed by atoms with E-state index in [9.17, 15) is 0 Å². The van der Waals surface area contributed by atoms with Gasteiger partial charge in [0.1, 0.15) is 5.75 Å². The molecular formula is C14H11Br2N3O. The van der Waals surface area contributed by atoms with E-state index in [4.69, 9.17) is 10.5 Å². The number of aryl methyl sites for hydroxylation is 1. The van der Waals surface area contributed by atoms with Crippen LogP contribution in [0.1, 0.15) is 0 Å². The molecule has 3 aromatic rings.